The van der Waals surface area contributed by atoms with E-state index in [1.165, 1.54) is 6.07 Å². The van der Waals surface area contributed by atoms with E-state index in [0.29, 0.717) is 18.8 Å². The van der Waals surface area contributed by atoms with E-state index in [1.807, 2.05) is 0 Å². The third-order valence-electron chi connectivity index (χ3n) is 3.36. The summed E-state index contributed by atoms with van der Waals surface area (Å²) in [4.78, 5) is 1.72. The molecule has 4 N–H and O–H groups in total. The number of morpholine rings is 1. The highest BCUT2D eigenvalue weighted by Gasteiger charge is 2.32. The van der Waals surface area contributed by atoms with Crippen LogP contribution in [0.4, 0.5) is 18.9 Å². The summed E-state index contributed by atoms with van der Waals surface area (Å²) >= 11 is 0. The van der Waals surface area contributed by atoms with Crippen LogP contribution >= 0.6 is 0 Å². The Morgan fingerprint density at radius 3 is 2.76 bits per heavy atom. The van der Waals surface area contributed by atoms with Gasteiger partial charge in [0.25, 0.3) is 0 Å². The first kappa shape index (κ1) is 15.6. The molecule has 8 heteroatoms. The van der Waals surface area contributed by atoms with Crippen molar-refractivity contribution in [1.29, 1.82) is 5.41 Å². The standard InChI is InChI=1S/C13H16F3N3O2/c14-13(15,16)8-1-2-11(10(5-8)12(17)18)19-3-4-21-7-9(19)6-20/h1-2,5,9,20H,3-4,6-7H2,(H3,17,18). The first-order valence-corrected chi connectivity index (χ1v) is 6.35. The molecular formula is C13H16F3N3O2. The van der Waals surface area contributed by atoms with Gasteiger partial charge in [-0.3, -0.25) is 5.41 Å². The van der Waals surface area contributed by atoms with Crippen LogP contribution in [0, 0.1) is 5.41 Å². The van der Waals surface area contributed by atoms with Crippen LogP contribution in [0.2, 0.25) is 0 Å². The van der Waals surface area contributed by atoms with Gasteiger partial charge >= 0.3 is 6.18 Å². The van der Waals surface area contributed by atoms with E-state index in [4.69, 9.17) is 15.9 Å². The highest BCUT2D eigenvalue weighted by atomic mass is 19.4. The summed E-state index contributed by atoms with van der Waals surface area (Å²) in [7, 11) is 0. The SMILES string of the molecule is N=C(N)c1cc(C(F)(F)F)ccc1N1CCOCC1CO. The Hall–Kier alpha value is -1.80. The lowest BCUT2D eigenvalue weighted by Gasteiger charge is -2.37. The monoisotopic (exact) mass is 303 g/mol. The van der Waals surface area contributed by atoms with Crippen LogP contribution in [0.25, 0.3) is 0 Å². The molecule has 0 amide bonds. The van der Waals surface area contributed by atoms with Crippen molar-refractivity contribution in [2.75, 3.05) is 31.3 Å². The molecule has 1 atom stereocenters. The van der Waals surface area contributed by atoms with Gasteiger partial charge in [-0.2, -0.15) is 13.2 Å². The summed E-state index contributed by atoms with van der Waals surface area (Å²) in [6.07, 6.45) is -4.50. The third kappa shape index (κ3) is 3.27. The molecular weight excluding hydrogens is 287 g/mol. The summed E-state index contributed by atoms with van der Waals surface area (Å²) < 4.78 is 43.5. The van der Waals surface area contributed by atoms with Gasteiger partial charge < -0.3 is 20.5 Å². The Balaban J connectivity index is 2.45. The molecule has 0 saturated carbocycles. The Bertz CT molecular complexity index is 534. The molecule has 1 heterocycles. The fourth-order valence-electron chi connectivity index (χ4n) is 2.30. The second kappa shape index (κ2) is 5.90. The average molecular weight is 303 g/mol. The topological polar surface area (TPSA) is 82.6 Å². The number of hydrogen-bond donors (Lipinski definition) is 3. The maximum Gasteiger partial charge on any atom is 0.416 e. The van der Waals surface area contributed by atoms with Gasteiger partial charge in [-0.1, -0.05) is 0 Å². The zero-order chi connectivity index (χ0) is 15.6. The zero-order valence-electron chi connectivity index (χ0n) is 11.2. The number of ether oxygens (including phenoxy) is 1. The maximum atomic E-state index is 12.8. The molecule has 1 fully saturated rings. The molecule has 5 nitrogen and oxygen atoms in total. The van der Waals surface area contributed by atoms with E-state index in [0.717, 1.165) is 12.1 Å². The first-order valence-electron chi connectivity index (χ1n) is 6.35. The molecule has 0 bridgehead atoms. The summed E-state index contributed by atoms with van der Waals surface area (Å²) in [6.45, 7) is 0.888. The molecule has 1 unspecified atom stereocenters. The number of halogens is 3. The molecule has 0 aliphatic carbocycles. The third-order valence-corrected chi connectivity index (χ3v) is 3.36. The molecule has 116 valence electrons. The van der Waals surface area contributed by atoms with Crippen molar-refractivity contribution in [3.63, 3.8) is 0 Å². The first-order chi connectivity index (χ1) is 9.84. The van der Waals surface area contributed by atoms with Crippen molar-refractivity contribution >= 4 is 11.5 Å². The van der Waals surface area contributed by atoms with E-state index in [-0.39, 0.29) is 24.8 Å². The number of nitrogens with one attached hydrogen (secondary N) is 1. The van der Waals surface area contributed by atoms with Crippen LogP contribution in [0.3, 0.4) is 0 Å². The molecule has 0 radical (unpaired) electrons. The average Bonchev–Trinajstić information content (AvgIpc) is 2.45. The van der Waals surface area contributed by atoms with Gasteiger partial charge in [0.2, 0.25) is 0 Å². The van der Waals surface area contributed by atoms with Gasteiger partial charge in [-0.15, -0.1) is 0 Å². The number of nitrogens with two attached hydrogens (primary N) is 1. The lowest BCUT2D eigenvalue weighted by atomic mass is 10.0. The molecule has 1 aliphatic heterocycles. The molecule has 2 rings (SSSR count). The Kier molecular flexibility index (Phi) is 4.38. The van der Waals surface area contributed by atoms with Crippen LogP contribution in [0.15, 0.2) is 18.2 Å². The number of benzene rings is 1. The number of aliphatic hydroxyl groups is 1. The van der Waals surface area contributed by atoms with Crippen LogP contribution in [-0.2, 0) is 10.9 Å². The normalized spacial score (nSPS) is 19.6. The van der Waals surface area contributed by atoms with Crippen molar-refractivity contribution in [1.82, 2.24) is 0 Å². The quantitative estimate of drug-likeness (QED) is 0.578. The van der Waals surface area contributed by atoms with Crippen molar-refractivity contribution in [2.45, 2.75) is 12.2 Å². The summed E-state index contributed by atoms with van der Waals surface area (Å²) in [5.74, 6) is -0.445. The lowest BCUT2D eigenvalue weighted by Crippen LogP contribution is -2.48. The predicted molar refractivity (Wildman–Crippen MR) is 71.5 cm³/mol. The van der Waals surface area contributed by atoms with Gasteiger partial charge in [0.15, 0.2) is 0 Å². The Labute approximate surface area is 119 Å². The Morgan fingerprint density at radius 1 is 1.48 bits per heavy atom. The molecule has 1 aromatic rings. The number of amidine groups is 1. The fraction of sp³-hybridized carbons (Fsp3) is 0.462. The largest absolute Gasteiger partial charge is 0.416 e. The van der Waals surface area contributed by atoms with Gasteiger partial charge in [0.05, 0.1) is 31.4 Å². The van der Waals surface area contributed by atoms with E-state index < -0.39 is 17.6 Å². The predicted octanol–water partition coefficient (Wildman–Crippen LogP) is 1.19. The van der Waals surface area contributed by atoms with Gasteiger partial charge in [-0.05, 0) is 18.2 Å². The van der Waals surface area contributed by atoms with Crippen LogP contribution in [0.5, 0.6) is 0 Å². The van der Waals surface area contributed by atoms with Crippen LogP contribution in [0.1, 0.15) is 11.1 Å². The lowest BCUT2D eigenvalue weighted by molar-refractivity contribution is -0.137. The Morgan fingerprint density at radius 2 is 2.19 bits per heavy atom. The van der Waals surface area contributed by atoms with Crippen LogP contribution < -0.4 is 10.6 Å². The molecule has 1 aliphatic rings. The molecule has 1 aromatic carbocycles. The summed E-state index contributed by atoms with van der Waals surface area (Å²) in [6, 6.07) is 2.73. The number of hydrogen-bond acceptors (Lipinski definition) is 4. The highest BCUT2D eigenvalue weighted by Crippen LogP contribution is 2.33. The number of alkyl halides is 3. The smallest absolute Gasteiger partial charge is 0.394 e. The molecule has 21 heavy (non-hydrogen) atoms. The number of anilines is 1. The summed E-state index contributed by atoms with van der Waals surface area (Å²) in [5, 5.41) is 16.9. The van der Waals surface area contributed by atoms with Gasteiger partial charge in [0.1, 0.15) is 5.84 Å². The minimum Gasteiger partial charge on any atom is -0.394 e. The van der Waals surface area contributed by atoms with Crippen molar-refractivity contribution in [2.24, 2.45) is 5.73 Å². The number of rotatable bonds is 3. The van der Waals surface area contributed by atoms with E-state index in [9.17, 15) is 18.3 Å². The minimum absolute atomic E-state index is 0.00479. The number of nitrogen functional groups attached to an aromatic ring is 1. The van der Waals surface area contributed by atoms with E-state index in [2.05, 4.69) is 0 Å². The fourth-order valence-corrected chi connectivity index (χ4v) is 2.30. The summed E-state index contributed by atoms with van der Waals surface area (Å²) in [5.41, 5.74) is 4.97. The highest BCUT2D eigenvalue weighted by molar-refractivity contribution is 6.00. The second-order valence-electron chi connectivity index (χ2n) is 4.75. The van der Waals surface area contributed by atoms with Gasteiger partial charge in [0, 0.05) is 17.8 Å². The van der Waals surface area contributed by atoms with Crippen LogP contribution in [-0.4, -0.2) is 43.3 Å². The van der Waals surface area contributed by atoms with Crippen molar-refractivity contribution < 1.29 is 23.0 Å². The minimum atomic E-state index is -4.50. The van der Waals surface area contributed by atoms with Crippen molar-refractivity contribution in [3.8, 4) is 0 Å². The molecule has 0 spiro atoms. The van der Waals surface area contributed by atoms with E-state index in [1.54, 1.807) is 4.90 Å². The molecule has 1 saturated heterocycles. The van der Waals surface area contributed by atoms with Crippen molar-refractivity contribution in [3.05, 3.63) is 29.3 Å². The number of aliphatic hydroxyl groups excluding tert-OH is 1. The van der Waals surface area contributed by atoms with Gasteiger partial charge in [-0.25, -0.2) is 0 Å². The second-order valence-corrected chi connectivity index (χ2v) is 4.75. The number of nitrogens with zero attached hydrogens (tertiary/aromatic N) is 1. The van der Waals surface area contributed by atoms with E-state index >= 15 is 0 Å². The zero-order valence-corrected chi connectivity index (χ0v) is 11.2. The molecule has 0 aromatic heterocycles. The maximum absolute atomic E-state index is 12.8.